The van der Waals surface area contributed by atoms with E-state index in [1.165, 1.54) is 6.33 Å². The van der Waals surface area contributed by atoms with Crippen LogP contribution < -0.4 is 10.1 Å². The normalized spacial score (nSPS) is 10.8. The Bertz CT molecular complexity index is 888. The summed E-state index contributed by atoms with van der Waals surface area (Å²) in [6.07, 6.45) is 1.71. The first kappa shape index (κ1) is 15.9. The number of benzene rings is 1. The van der Waals surface area contributed by atoms with Gasteiger partial charge in [-0.05, 0) is 31.5 Å². The molecule has 0 spiro atoms. The second-order valence-corrected chi connectivity index (χ2v) is 5.54. The number of aromatic nitrogens is 4. The maximum absolute atomic E-state index is 12.3. The molecule has 0 saturated heterocycles. The van der Waals surface area contributed by atoms with Crippen molar-refractivity contribution < 1.29 is 9.53 Å². The van der Waals surface area contributed by atoms with Gasteiger partial charge in [0.15, 0.2) is 0 Å². The van der Waals surface area contributed by atoms with E-state index in [0.717, 1.165) is 28.3 Å². The number of ether oxygens (including phenoxy) is 1. The van der Waals surface area contributed by atoms with Crippen LogP contribution in [0.25, 0.3) is 5.78 Å². The van der Waals surface area contributed by atoms with Crippen LogP contribution in [0.15, 0.2) is 30.6 Å². The Labute approximate surface area is 139 Å². The van der Waals surface area contributed by atoms with Crippen LogP contribution >= 0.6 is 0 Å². The van der Waals surface area contributed by atoms with Crippen molar-refractivity contribution in [3.8, 4) is 5.75 Å². The Morgan fingerprint density at radius 3 is 2.96 bits per heavy atom. The molecular weight excluding hydrogens is 306 g/mol. The predicted octanol–water partition coefficient (Wildman–Crippen LogP) is 1.61. The summed E-state index contributed by atoms with van der Waals surface area (Å²) in [5.74, 6) is 1.25. The Morgan fingerprint density at radius 1 is 1.33 bits per heavy atom. The van der Waals surface area contributed by atoms with Crippen molar-refractivity contribution in [2.75, 3.05) is 7.11 Å². The zero-order valence-electron chi connectivity index (χ0n) is 13.9. The van der Waals surface area contributed by atoms with Crippen LogP contribution in [0.4, 0.5) is 0 Å². The first-order valence-corrected chi connectivity index (χ1v) is 7.64. The number of nitrogens with one attached hydrogen (secondary N) is 1. The quantitative estimate of drug-likeness (QED) is 0.771. The molecule has 24 heavy (non-hydrogen) atoms. The molecule has 0 aliphatic heterocycles. The highest BCUT2D eigenvalue weighted by Gasteiger charge is 2.14. The van der Waals surface area contributed by atoms with E-state index in [4.69, 9.17) is 4.74 Å². The van der Waals surface area contributed by atoms with E-state index in [9.17, 15) is 4.79 Å². The number of carbonyl (C=O) groups is 1. The molecule has 7 heteroatoms. The second kappa shape index (κ2) is 6.66. The lowest BCUT2D eigenvalue weighted by Gasteiger charge is -2.11. The summed E-state index contributed by atoms with van der Waals surface area (Å²) in [6.45, 7) is 4.25. The molecule has 3 aromatic rings. The summed E-state index contributed by atoms with van der Waals surface area (Å²) in [5.41, 5.74) is 3.54. The molecule has 0 aliphatic carbocycles. The first-order chi connectivity index (χ1) is 11.6. The summed E-state index contributed by atoms with van der Waals surface area (Å²) >= 11 is 0. The van der Waals surface area contributed by atoms with E-state index in [1.807, 2.05) is 38.1 Å². The molecule has 2 aromatic heterocycles. The summed E-state index contributed by atoms with van der Waals surface area (Å²) < 4.78 is 6.84. The number of fused-ring (bicyclic) bond motifs is 1. The fourth-order valence-electron chi connectivity index (χ4n) is 2.62. The number of hydrogen-bond donors (Lipinski definition) is 1. The minimum atomic E-state index is -0.0646. The molecule has 3 rings (SSSR count). The van der Waals surface area contributed by atoms with Gasteiger partial charge in [-0.2, -0.15) is 10.1 Å². The number of amides is 1. The molecule has 7 nitrogen and oxygen atoms in total. The van der Waals surface area contributed by atoms with Crippen molar-refractivity contribution in [3.05, 3.63) is 53.1 Å². The van der Waals surface area contributed by atoms with Gasteiger partial charge >= 0.3 is 0 Å². The summed E-state index contributed by atoms with van der Waals surface area (Å²) in [5, 5.41) is 7.06. The number of methoxy groups -OCH3 is 1. The molecule has 0 atom stereocenters. The van der Waals surface area contributed by atoms with Gasteiger partial charge in [-0.1, -0.05) is 12.1 Å². The molecule has 0 unspecified atom stereocenters. The van der Waals surface area contributed by atoms with Gasteiger partial charge in [0.1, 0.15) is 12.1 Å². The van der Waals surface area contributed by atoms with Gasteiger partial charge in [-0.3, -0.25) is 4.79 Å². The smallest absolute Gasteiger partial charge is 0.252 e. The van der Waals surface area contributed by atoms with Gasteiger partial charge in [0, 0.05) is 23.5 Å². The van der Waals surface area contributed by atoms with Gasteiger partial charge in [-0.25, -0.2) is 9.50 Å². The van der Waals surface area contributed by atoms with Crippen molar-refractivity contribution in [2.24, 2.45) is 0 Å². The summed E-state index contributed by atoms with van der Waals surface area (Å²) in [4.78, 5) is 20.8. The number of carbonyl (C=O) groups excluding carboxylic acids is 1. The predicted molar refractivity (Wildman–Crippen MR) is 88.8 cm³/mol. The molecule has 1 N–H and O–H groups in total. The molecule has 2 heterocycles. The van der Waals surface area contributed by atoms with Crippen LogP contribution in [0, 0.1) is 13.8 Å². The Kier molecular flexibility index (Phi) is 4.41. The summed E-state index contributed by atoms with van der Waals surface area (Å²) in [7, 11) is 1.62. The molecule has 0 saturated carbocycles. The molecular formula is C17H19N5O2. The van der Waals surface area contributed by atoms with Gasteiger partial charge in [0.2, 0.25) is 5.91 Å². The van der Waals surface area contributed by atoms with Crippen LogP contribution in [-0.2, 0) is 17.8 Å². The zero-order valence-corrected chi connectivity index (χ0v) is 13.9. The molecule has 0 bridgehead atoms. The maximum atomic E-state index is 12.3. The molecule has 124 valence electrons. The van der Waals surface area contributed by atoms with Gasteiger partial charge in [0.05, 0.1) is 13.5 Å². The van der Waals surface area contributed by atoms with E-state index in [0.29, 0.717) is 12.3 Å². The van der Waals surface area contributed by atoms with Gasteiger partial charge in [-0.15, -0.1) is 0 Å². The van der Waals surface area contributed by atoms with Crippen molar-refractivity contribution in [1.82, 2.24) is 24.9 Å². The Hall–Kier alpha value is -2.96. The number of aryl methyl sites for hydroxylation is 2. The van der Waals surface area contributed by atoms with E-state index < -0.39 is 0 Å². The molecule has 0 fully saturated rings. The molecule has 1 amide bonds. The van der Waals surface area contributed by atoms with E-state index in [1.54, 1.807) is 11.6 Å². The number of hydrogen-bond acceptors (Lipinski definition) is 5. The van der Waals surface area contributed by atoms with Crippen LogP contribution in [0.5, 0.6) is 5.75 Å². The second-order valence-electron chi connectivity index (χ2n) is 5.54. The number of nitrogens with zero attached hydrogens (tertiary/aromatic N) is 4. The molecule has 0 aliphatic rings. The fraction of sp³-hybridized carbons (Fsp3) is 0.294. The van der Waals surface area contributed by atoms with E-state index >= 15 is 0 Å². The minimum absolute atomic E-state index is 0.0646. The third-order valence-electron chi connectivity index (χ3n) is 3.95. The minimum Gasteiger partial charge on any atom is -0.497 e. The SMILES string of the molecule is COc1cccc(CNC(=O)Cc2c(C)nc3ncnn3c2C)c1. The first-order valence-electron chi connectivity index (χ1n) is 7.64. The average molecular weight is 325 g/mol. The highest BCUT2D eigenvalue weighted by atomic mass is 16.5. The third-order valence-corrected chi connectivity index (χ3v) is 3.95. The van der Waals surface area contributed by atoms with E-state index in [2.05, 4.69) is 20.4 Å². The largest absolute Gasteiger partial charge is 0.497 e. The lowest BCUT2D eigenvalue weighted by atomic mass is 10.1. The van der Waals surface area contributed by atoms with Crippen molar-refractivity contribution in [1.29, 1.82) is 0 Å². The monoisotopic (exact) mass is 325 g/mol. The van der Waals surface area contributed by atoms with Crippen LogP contribution in [-0.4, -0.2) is 32.6 Å². The van der Waals surface area contributed by atoms with Gasteiger partial charge in [0.25, 0.3) is 5.78 Å². The Morgan fingerprint density at radius 2 is 2.17 bits per heavy atom. The van der Waals surface area contributed by atoms with Crippen molar-refractivity contribution in [3.63, 3.8) is 0 Å². The van der Waals surface area contributed by atoms with Gasteiger partial charge < -0.3 is 10.1 Å². The maximum Gasteiger partial charge on any atom is 0.252 e. The van der Waals surface area contributed by atoms with E-state index in [-0.39, 0.29) is 12.3 Å². The average Bonchev–Trinajstić information content (AvgIpc) is 3.05. The fourth-order valence-corrected chi connectivity index (χ4v) is 2.62. The highest BCUT2D eigenvalue weighted by Crippen LogP contribution is 2.14. The summed E-state index contributed by atoms with van der Waals surface area (Å²) in [6, 6.07) is 7.62. The number of rotatable bonds is 5. The van der Waals surface area contributed by atoms with Crippen LogP contribution in [0.1, 0.15) is 22.5 Å². The standard InChI is InChI=1S/C17H19N5O2/c1-11-15(12(2)22-17(21-11)19-10-20-22)8-16(23)18-9-13-5-4-6-14(7-13)24-3/h4-7,10H,8-9H2,1-3H3,(H,18,23). The third kappa shape index (κ3) is 3.19. The Balaban J connectivity index is 1.70. The lowest BCUT2D eigenvalue weighted by molar-refractivity contribution is -0.120. The highest BCUT2D eigenvalue weighted by molar-refractivity contribution is 5.79. The molecule has 1 aromatic carbocycles. The van der Waals surface area contributed by atoms with Crippen molar-refractivity contribution >= 4 is 11.7 Å². The van der Waals surface area contributed by atoms with Crippen LogP contribution in [0.2, 0.25) is 0 Å². The zero-order chi connectivity index (χ0) is 17.1. The van der Waals surface area contributed by atoms with Crippen LogP contribution in [0.3, 0.4) is 0 Å². The topological polar surface area (TPSA) is 81.4 Å². The van der Waals surface area contributed by atoms with Crippen molar-refractivity contribution in [2.45, 2.75) is 26.8 Å². The lowest BCUT2D eigenvalue weighted by Crippen LogP contribution is -2.25. The molecule has 0 radical (unpaired) electrons.